The van der Waals surface area contributed by atoms with E-state index in [2.05, 4.69) is 24.4 Å². The summed E-state index contributed by atoms with van der Waals surface area (Å²) in [6.07, 6.45) is 9.05. The minimum Gasteiger partial charge on any atom is -0.311 e. The maximum atomic E-state index is 10.9. The summed E-state index contributed by atoms with van der Waals surface area (Å²) in [6, 6.07) is 7.45. The van der Waals surface area contributed by atoms with Gasteiger partial charge in [-0.15, -0.1) is 0 Å². The van der Waals surface area contributed by atoms with Gasteiger partial charge in [0, 0.05) is 23.6 Å². The summed E-state index contributed by atoms with van der Waals surface area (Å²) in [5.41, 5.74) is 3.50. The van der Waals surface area contributed by atoms with Crippen LogP contribution in [0.4, 0.5) is 0 Å². The zero-order chi connectivity index (χ0) is 13.2. The Kier molecular flexibility index (Phi) is 3.69. The van der Waals surface area contributed by atoms with Crippen LogP contribution in [0.1, 0.15) is 65.9 Å². The van der Waals surface area contributed by atoms with Gasteiger partial charge in [0.05, 0.1) is 0 Å². The third kappa shape index (κ3) is 2.89. The van der Waals surface area contributed by atoms with Crippen molar-refractivity contribution in [3.63, 3.8) is 0 Å². The second kappa shape index (κ2) is 5.46. The lowest BCUT2D eigenvalue weighted by molar-refractivity contribution is 0.112. The summed E-state index contributed by atoms with van der Waals surface area (Å²) in [4.78, 5) is 10.9. The smallest absolute Gasteiger partial charge is 0.150 e. The fraction of sp³-hybridized carbons (Fsp3) is 0.588. The van der Waals surface area contributed by atoms with Gasteiger partial charge in [-0.3, -0.25) is 4.79 Å². The molecule has 2 aliphatic carbocycles. The number of nitrogens with one attached hydrogen (secondary N) is 1. The van der Waals surface area contributed by atoms with E-state index in [1.54, 1.807) is 0 Å². The van der Waals surface area contributed by atoms with Gasteiger partial charge in [-0.2, -0.15) is 0 Å². The summed E-state index contributed by atoms with van der Waals surface area (Å²) in [5.74, 6) is 0.627. The number of carbonyl (C=O) groups excluding carboxylic acids is 1. The number of hydrogen-bond donors (Lipinski definition) is 1. The SMILES string of the molecule is Cc1ccc(C=O)cc1C1CC1NC1CCCCC1. The second-order valence-corrected chi connectivity index (χ2v) is 6.18. The molecule has 1 aromatic carbocycles. The number of benzene rings is 1. The van der Waals surface area contributed by atoms with Crippen molar-refractivity contribution in [2.45, 2.75) is 63.5 Å². The monoisotopic (exact) mass is 257 g/mol. The number of aryl methyl sites for hydroxylation is 1. The van der Waals surface area contributed by atoms with Crippen molar-refractivity contribution in [1.82, 2.24) is 5.32 Å². The molecule has 2 fully saturated rings. The Balaban J connectivity index is 1.63. The van der Waals surface area contributed by atoms with E-state index >= 15 is 0 Å². The van der Waals surface area contributed by atoms with Crippen molar-refractivity contribution in [2.24, 2.45) is 0 Å². The van der Waals surface area contributed by atoms with Crippen LogP contribution in [-0.2, 0) is 0 Å². The van der Waals surface area contributed by atoms with E-state index in [9.17, 15) is 4.79 Å². The Morgan fingerprint density at radius 1 is 1.21 bits per heavy atom. The molecule has 19 heavy (non-hydrogen) atoms. The molecule has 3 rings (SSSR count). The Bertz CT molecular complexity index is 462. The topological polar surface area (TPSA) is 29.1 Å². The summed E-state index contributed by atoms with van der Waals surface area (Å²) >= 11 is 0. The first-order valence-corrected chi connectivity index (χ1v) is 7.59. The third-order valence-corrected chi connectivity index (χ3v) is 4.68. The molecule has 2 atom stereocenters. The van der Waals surface area contributed by atoms with E-state index < -0.39 is 0 Å². The molecule has 0 spiro atoms. The average molecular weight is 257 g/mol. The van der Waals surface area contributed by atoms with Gasteiger partial charge in [-0.05, 0) is 43.4 Å². The molecule has 2 nitrogen and oxygen atoms in total. The van der Waals surface area contributed by atoms with Gasteiger partial charge < -0.3 is 5.32 Å². The first kappa shape index (κ1) is 12.9. The van der Waals surface area contributed by atoms with E-state index in [1.807, 2.05) is 6.07 Å². The lowest BCUT2D eigenvalue weighted by atomic mass is 9.95. The minimum absolute atomic E-state index is 0.627. The molecule has 0 amide bonds. The molecular weight excluding hydrogens is 234 g/mol. The van der Waals surface area contributed by atoms with Crippen LogP contribution in [0.5, 0.6) is 0 Å². The number of hydrogen-bond acceptors (Lipinski definition) is 2. The standard InChI is InChI=1S/C17H23NO/c1-12-7-8-13(11-19)9-15(12)16-10-17(16)18-14-5-3-2-4-6-14/h7-9,11,14,16-18H,2-6,10H2,1H3. The van der Waals surface area contributed by atoms with E-state index in [0.29, 0.717) is 12.0 Å². The summed E-state index contributed by atoms with van der Waals surface area (Å²) in [5, 5.41) is 3.82. The van der Waals surface area contributed by atoms with E-state index in [4.69, 9.17) is 0 Å². The van der Waals surface area contributed by atoms with Gasteiger partial charge in [-0.1, -0.05) is 31.4 Å². The van der Waals surface area contributed by atoms with Crippen LogP contribution in [-0.4, -0.2) is 18.4 Å². The van der Waals surface area contributed by atoms with Crippen molar-refractivity contribution in [3.8, 4) is 0 Å². The van der Waals surface area contributed by atoms with Gasteiger partial charge in [-0.25, -0.2) is 0 Å². The number of rotatable bonds is 4. The van der Waals surface area contributed by atoms with Crippen LogP contribution < -0.4 is 5.32 Å². The van der Waals surface area contributed by atoms with Gasteiger partial charge in [0.2, 0.25) is 0 Å². The highest BCUT2D eigenvalue weighted by Crippen LogP contribution is 2.43. The van der Waals surface area contributed by atoms with Gasteiger partial charge in [0.1, 0.15) is 6.29 Å². The molecule has 0 saturated heterocycles. The zero-order valence-electron chi connectivity index (χ0n) is 11.7. The van der Waals surface area contributed by atoms with Gasteiger partial charge in [0.15, 0.2) is 0 Å². The third-order valence-electron chi connectivity index (χ3n) is 4.68. The Hall–Kier alpha value is -1.15. The molecule has 2 saturated carbocycles. The van der Waals surface area contributed by atoms with Crippen LogP contribution in [0.15, 0.2) is 18.2 Å². The first-order chi connectivity index (χ1) is 9.28. The molecule has 0 aromatic heterocycles. The molecule has 0 bridgehead atoms. The summed E-state index contributed by atoms with van der Waals surface area (Å²) < 4.78 is 0. The van der Waals surface area contributed by atoms with Crippen LogP contribution in [0, 0.1) is 6.92 Å². The fourth-order valence-corrected chi connectivity index (χ4v) is 3.43. The molecule has 1 aromatic rings. The fourth-order valence-electron chi connectivity index (χ4n) is 3.43. The summed E-state index contributed by atoms with van der Waals surface area (Å²) in [7, 11) is 0. The highest BCUT2D eigenvalue weighted by molar-refractivity contribution is 5.75. The van der Waals surface area contributed by atoms with Crippen LogP contribution in [0.25, 0.3) is 0 Å². The molecule has 1 N–H and O–H groups in total. The second-order valence-electron chi connectivity index (χ2n) is 6.18. The van der Waals surface area contributed by atoms with Crippen molar-refractivity contribution in [1.29, 1.82) is 0 Å². The largest absolute Gasteiger partial charge is 0.311 e. The maximum Gasteiger partial charge on any atom is 0.150 e. The van der Waals surface area contributed by atoms with Gasteiger partial charge >= 0.3 is 0 Å². The lowest BCUT2D eigenvalue weighted by Gasteiger charge is -2.23. The predicted octanol–water partition coefficient (Wildman–Crippen LogP) is 3.59. The number of aldehydes is 1. The van der Waals surface area contributed by atoms with Crippen LogP contribution in [0.3, 0.4) is 0 Å². The molecular formula is C17H23NO. The Morgan fingerprint density at radius 3 is 2.74 bits per heavy atom. The average Bonchev–Trinajstić information content (AvgIpc) is 3.19. The predicted molar refractivity (Wildman–Crippen MR) is 77.7 cm³/mol. The molecule has 2 heteroatoms. The van der Waals surface area contributed by atoms with E-state index in [0.717, 1.165) is 17.9 Å². The molecule has 0 aliphatic heterocycles. The van der Waals surface area contributed by atoms with Crippen LogP contribution >= 0.6 is 0 Å². The minimum atomic E-state index is 0.627. The van der Waals surface area contributed by atoms with Crippen molar-refractivity contribution in [3.05, 3.63) is 34.9 Å². The lowest BCUT2D eigenvalue weighted by Crippen LogP contribution is -2.33. The van der Waals surface area contributed by atoms with Gasteiger partial charge in [0.25, 0.3) is 0 Å². The van der Waals surface area contributed by atoms with Crippen molar-refractivity contribution in [2.75, 3.05) is 0 Å². The maximum absolute atomic E-state index is 10.9. The summed E-state index contributed by atoms with van der Waals surface area (Å²) in [6.45, 7) is 2.15. The van der Waals surface area contributed by atoms with E-state index in [1.165, 1.54) is 49.7 Å². The highest BCUT2D eigenvalue weighted by atomic mass is 16.1. The molecule has 0 heterocycles. The Morgan fingerprint density at radius 2 is 2.00 bits per heavy atom. The van der Waals surface area contributed by atoms with Crippen molar-refractivity contribution >= 4 is 6.29 Å². The molecule has 102 valence electrons. The highest BCUT2D eigenvalue weighted by Gasteiger charge is 2.40. The number of carbonyl (C=O) groups is 1. The molecule has 2 aliphatic rings. The van der Waals surface area contributed by atoms with Crippen molar-refractivity contribution < 1.29 is 4.79 Å². The normalized spacial score (nSPS) is 27.2. The van der Waals surface area contributed by atoms with E-state index in [-0.39, 0.29) is 0 Å². The zero-order valence-corrected chi connectivity index (χ0v) is 11.7. The first-order valence-electron chi connectivity index (χ1n) is 7.59. The molecule has 2 unspecified atom stereocenters. The Labute approximate surface area is 115 Å². The van der Waals surface area contributed by atoms with Crippen LogP contribution in [0.2, 0.25) is 0 Å². The quantitative estimate of drug-likeness (QED) is 0.835. The molecule has 0 radical (unpaired) electrons.